The van der Waals surface area contributed by atoms with Crippen LogP contribution in [0.3, 0.4) is 0 Å². The summed E-state index contributed by atoms with van der Waals surface area (Å²) in [5, 5.41) is 13.9. The molecule has 0 aromatic rings. The van der Waals surface area contributed by atoms with Crippen molar-refractivity contribution in [3.05, 3.63) is 0 Å². The molecule has 0 aromatic carbocycles. The van der Waals surface area contributed by atoms with Crippen molar-refractivity contribution in [3.8, 4) is 0 Å². The number of nitrogens with zero attached hydrogens (tertiary/aromatic N) is 2. The van der Waals surface area contributed by atoms with Crippen molar-refractivity contribution < 1.29 is 9.84 Å². The van der Waals surface area contributed by atoms with Gasteiger partial charge in [-0.3, -0.25) is 4.99 Å². The van der Waals surface area contributed by atoms with Gasteiger partial charge in [0.15, 0.2) is 5.96 Å². The molecule has 0 aromatic heterocycles. The standard InChI is InChI=1S/C19H35N3O2.HI/c1-20-18(21-15-19(23)10-4-5-11-19)22-12-8-17(9-13-22)24-14-16-6-2-3-7-16;/h16-17,23H,2-15H2,1H3,(H,20,21);1H. The zero-order valence-corrected chi connectivity index (χ0v) is 18.0. The van der Waals surface area contributed by atoms with E-state index >= 15 is 0 Å². The fraction of sp³-hybridized carbons (Fsp3) is 0.947. The number of guanidine groups is 1. The maximum atomic E-state index is 10.5. The molecule has 6 heteroatoms. The lowest BCUT2D eigenvalue weighted by atomic mass is 10.0. The Bertz CT molecular complexity index is 413. The average Bonchev–Trinajstić information content (AvgIpc) is 3.27. The Balaban J connectivity index is 0.00000225. The van der Waals surface area contributed by atoms with Crippen molar-refractivity contribution in [2.75, 3.05) is 33.3 Å². The minimum absolute atomic E-state index is 0. The molecule has 2 N–H and O–H groups in total. The molecule has 146 valence electrons. The van der Waals surface area contributed by atoms with Crippen LogP contribution in [0.1, 0.15) is 64.2 Å². The van der Waals surface area contributed by atoms with Crippen LogP contribution in [0.4, 0.5) is 0 Å². The molecular formula is C19H36IN3O2. The lowest BCUT2D eigenvalue weighted by molar-refractivity contribution is 0.000558. The van der Waals surface area contributed by atoms with E-state index in [1.807, 2.05) is 7.05 Å². The van der Waals surface area contributed by atoms with Crippen molar-refractivity contribution in [1.82, 2.24) is 10.2 Å². The van der Waals surface area contributed by atoms with Gasteiger partial charge in [-0.25, -0.2) is 0 Å². The predicted molar refractivity (Wildman–Crippen MR) is 113 cm³/mol. The molecule has 0 atom stereocenters. The van der Waals surface area contributed by atoms with E-state index in [1.54, 1.807) is 0 Å². The number of ether oxygens (including phenoxy) is 1. The third-order valence-electron chi connectivity index (χ3n) is 6.11. The van der Waals surface area contributed by atoms with E-state index in [0.717, 1.165) is 70.1 Å². The fourth-order valence-electron chi connectivity index (χ4n) is 4.47. The Morgan fingerprint density at radius 1 is 1.12 bits per heavy atom. The summed E-state index contributed by atoms with van der Waals surface area (Å²) in [6.07, 6.45) is 12.2. The molecule has 0 bridgehead atoms. The number of aliphatic imine (C=N–C) groups is 1. The van der Waals surface area contributed by atoms with Gasteiger partial charge in [0.05, 0.1) is 11.7 Å². The van der Waals surface area contributed by atoms with Crippen LogP contribution in [0, 0.1) is 5.92 Å². The Morgan fingerprint density at radius 2 is 1.76 bits per heavy atom. The lowest BCUT2D eigenvalue weighted by Crippen LogP contribution is -2.50. The summed E-state index contributed by atoms with van der Waals surface area (Å²) in [7, 11) is 1.84. The van der Waals surface area contributed by atoms with Gasteiger partial charge in [0.1, 0.15) is 0 Å². The monoisotopic (exact) mass is 465 g/mol. The highest BCUT2D eigenvalue weighted by atomic mass is 127. The molecule has 0 spiro atoms. The molecular weight excluding hydrogens is 429 g/mol. The number of piperidine rings is 1. The van der Waals surface area contributed by atoms with Crippen molar-refractivity contribution in [1.29, 1.82) is 0 Å². The van der Waals surface area contributed by atoms with E-state index in [1.165, 1.54) is 25.7 Å². The highest BCUT2D eigenvalue weighted by Crippen LogP contribution is 2.29. The quantitative estimate of drug-likeness (QED) is 0.372. The van der Waals surface area contributed by atoms with Gasteiger partial charge in [0.2, 0.25) is 0 Å². The second-order valence-electron chi connectivity index (χ2n) is 8.00. The second-order valence-corrected chi connectivity index (χ2v) is 8.00. The van der Waals surface area contributed by atoms with Crippen molar-refractivity contribution in [3.63, 3.8) is 0 Å². The van der Waals surface area contributed by atoms with Gasteiger partial charge in [-0.05, 0) is 44.4 Å². The van der Waals surface area contributed by atoms with Gasteiger partial charge < -0.3 is 20.1 Å². The van der Waals surface area contributed by atoms with Crippen LogP contribution in [0.2, 0.25) is 0 Å². The van der Waals surface area contributed by atoms with E-state index in [0.29, 0.717) is 12.6 Å². The Labute approximate surface area is 170 Å². The first kappa shape index (κ1) is 21.2. The van der Waals surface area contributed by atoms with Crippen molar-refractivity contribution in [2.45, 2.75) is 75.9 Å². The van der Waals surface area contributed by atoms with Gasteiger partial charge in [0.25, 0.3) is 0 Å². The number of likely N-dealkylation sites (tertiary alicyclic amines) is 1. The molecule has 1 aliphatic heterocycles. The molecule has 5 nitrogen and oxygen atoms in total. The topological polar surface area (TPSA) is 57.1 Å². The van der Waals surface area contributed by atoms with E-state index < -0.39 is 5.60 Å². The van der Waals surface area contributed by atoms with Crippen LogP contribution < -0.4 is 5.32 Å². The van der Waals surface area contributed by atoms with Crippen LogP contribution in [0.25, 0.3) is 0 Å². The number of halogens is 1. The summed E-state index contributed by atoms with van der Waals surface area (Å²) in [4.78, 5) is 6.73. The molecule has 2 aliphatic carbocycles. The number of rotatable bonds is 5. The van der Waals surface area contributed by atoms with Gasteiger partial charge in [-0.1, -0.05) is 25.7 Å². The second kappa shape index (κ2) is 10.3. The van der Waals surface area contributed by atoms with Gasteiger partial charge in [-0.15, -0.1) is 24.0 Å². The van der Waals surface area contributed by atoms with Crippen LogP contribution in [0.15, 0.2) is 4.99 Å². The van der Waals surface area contributed by atoms with E-state index in [-0.39, 0.29) is 24.0 Å². The largest absolute Gasteiger partial charge is 0.388 e. The Hall–Kier alpha value is -0.0800. The molecule has 3 fully saturated rings. The van der Waals surface area contributed by atoms with Crippen LogP contribution in [0.5, 0.6) is 0 Å². The van der Waals surface area contributed by atoms with Gasteiger partial charge in [-0.2, -0.15) is 0 Å². The SMILES string of the molecule is CN=C(NCC1(O)CCCC1)N1CCC(OCC2CCCC2)CC1.I. The predicted octanol–water partition coefficient (Wildman–Crippen LogP) is 3.16. The minimum Gasteiger partial charge on any atom is -0.388 e. The summed E-state index contributed by atoms with van der Waals surface area (Å²) in [5.74, 6) is 1.74. The number of nitrogens with one attached hydrogen (secondary N) is 1. The summed E-state index contributed by atoms with van der Waals surface area (Å²) >= 11 is 0. The fourth-order valence-corrected chi connectivity index (χ4v) is 4.47. The molecule has 1 heterocycles. The number of hydrogen-bond donors (Lipinski definition) is 2. The maximum absolute atomic E-state index is 10.5. The molecule has 0 radical (unpaired) electrons. The van der Waals surface area contributed by atoms with Crippen molar-refractivity contribution in [2.24, 2.45) is 10.9 Å². The summed E-state index contributed by atoms with van der Waals surface area (Å²) < 4.78 is 6.16. The van der Waals surface area contributed by atoms with Gasteiger partial charge in [0, 0.05) is 33.3 Å². The third kappa shape index (κ3) is 6.24. The first-order valence-corrected chi connectivity index (χ1v) is 9.98. The molecule has 3 rings (SSSR count). The highest BCUT2D eigenvalue weighted by molar-refractivity contribution is 14.0. The number of aliphatic hydroxyl groups is 1. The molecule has 2 saturated carbocycles. The Kier molecular flexibility index (Phi) is 8.75. The zero-order valence-electron chi connectivity index (χ0n) is 15.7. The van der Waals surface area contributed by atoms with E-state index in [4.69, 9.17) is 4.74 Å². The first-order chi connectivity index (χ1) is 11.7. The van der Waals surface area contributed by atoms with Gasteiger partial charge >= 0.3 is 0 Å². The lowest BCUT2D eigenvalue weighted by Gasteiger charge is -2.35. The molecule has 1 saturated heterocycles. The van der Waals surface area contributed by atoms with E-state index in [2.05, 4.69) is 15.2 Å². The summed E-state index contributed by atoms with van der Waals surface area (Å²) in [5.41, 5.74) is -0.529. The average molecular weight is 465 g/mol. The van der Waals surface area contributed by atoms with Crippen LogP contribution in [-0.2, 0) is 4.74 Å². The zero-order chi connectivity index (χ0) is 16.8. The summed E-state index contributed by atoms with van der Waals surface area (Å²) in [6.45, 7) is 3.57. The summed E-state index contributed by atoms with van der Waals surface area (Å²) in [6, 6.07) is 0. The Morgan fingerprint density at radius 3 is 2.36 bits per heavy atom. The van der Waals surface area contributed by atoms with E-state index in [9.17, 15) is 5.11 Å². The maximum Gasteiger partial charge on any atom is 0.193 e. The van der Waals surface area contributed by atoms with Crippen LogP contribution >= 0.6 is 24.0 Å². The molecule has 25 heavy (non-hydrogen) atoms. The molecule has 0 unspecified atom stereocenters. The first-order valence-electron chi connectivity index (χ1n) is 9.98. The highest BCUT2D eigenvalue weighted by Gasteiger charge is 2.32. The third-order valence-corrected chi connectivity index (χ3v) is 6.11. The minimum atomic E-state index is -0.529. The van der Waals surface area contributed by atoms with Crippen molar-refractivity contribution >= 4 is 29.9 Å². The smallest absolute Gasteiger partial charge is 0.193 e. The molecule has 0 amide bonds. The normalized spacial score (nSPS) is 25.2. The number of hydrogen-bond acceptors (Lipinski definition) is 3. The van der Waals surface area contributed by atoms with Crippen LogP contribution in [-0.4, -0.2) is 61.0 Å². The molecule has 3 aliphatic rings.